The van der Waals surface area contributed by atoms with Gasteiger partial charge in [-0.1, -0.05) is 18.2 Å². The monoisotopic (exact) mass is 263 g/mol. The fourth-order valence-corrected chi connectivity index (χ4v) is 1.51. The lowest BCUT2D eigenvalue weighted by Gasteiger charge is -2.08. The van der Waals surface area contributed by atoms with Gasteiger partial charge in [0.2, 0.25) is 0 Å². The lowest BCUT2D eigenvalue weighted by atomic mass is 10.1. The quantitative estimate of drug-likeness (QED) is 0.702. The molecule has 2 N–H and O–H groups in total. The second-order valence-corrected chi connectivity index (χ2v) is 4.41. The van der Waals surface area contributed by atoms with Crippen molar-refractivity contribution in [3.8, 4) is 5.75 Å². The Morgan fingerprint density at radius 3 is 2.74 bits per heavy atom. The minimum absolute atomic E-state index is 0.000854. The molecule has 0 aliphatic heterocycles. The van der Waals surface area contributed by atoms with Gasteiger partial charge in [-0.25, -0.2) is 0 Å². The average molecular weight is 263 g/mol. The van der Waals surface area contributed by atoms with E-state index in [0.29, 0.717) is 12.3 Å². The van der Waals surface area contributed by atoms with Crippen LogP contribution in [0.1, 0.15) is 18.9 Å². The van der Waals surface area contributed by atoms with Gasteiger partial charge in [-0.2, -0.15) is 0 Å². The van der Waals surface area contributed by atoms with Crippen LogP contribution in [-0.2, 0) is 11.2 Å². The molecule has 0 spiro atoms. The first-order chi connectivity index (χ1) is 9.11. The van der Waals surface area contributed by atoms with E-state index in [1.165, 1.54) is 0 Å². The van der Waals surface area contributed by atoms with Gasteiger partial charge < -0.3 is 15.2 Å². The number of benzene rings is 1. The molecule has 0 heterocycles. The predicted octanol–water partition coefficient (Wildman–Crippen LogP) is 1.68. The smallest absolute Gasteiger partial charge is 0.258 e. The molecule has 0 radical (unpaired) electrons. The van der Waals surface area contributed by atoms with E-state index in [4.69, 9.17) is 4.74 Å². The largest absolute Gasteiger partial charge is 0.484 e. The average Bonchev–Trinajstić information content (AvgIpc) is 2.41. The van der Waals surface area contributed by atoms with Crippen molar-refractivity contribution in [1.29, 1.82) is 0 Å². The highest BCUT2D eigenvalue weighted by atomic mass is 16.5. The molecule has 4 nitrogen and oxygen atoms in total. The van der Waals surface area contributed by atoms with E-state index >= 15 is 0 Å². The van der Waals surface area contributed by atoms with Crippen LogP contribution in [0, 0.1) is 0 Å². The van der Waals surface area contributed by atoms with Crippen molar-refractivity contribution in [2.75, 3.05) is 13.2 Å². The van der Waals surface area contributed by atoms with Gasteiger partial charge in [0.05, 0.1) is 6.10 Å². The van der Waals surface area contributed by atoms with Crippen molar-refractivity contribution in [2.24, 2.45) is 0 Å². The van der Waals surface area contributed by atoms with Gasteiger partial charge in [-0.3, -0.25) is 4.79 Å². The third kappa shape index (κ3) is 6.62. The predicted molar refractivity (Wildman–Crippen MR) is 75.1 cm³/mol. The van der Waals surface area contributed by atoms with Crippen LogP contribution < -0.4 is 10.1 Å². The summed E-state index contributed by atoms with van der Waals surface area (Å²) in [6.07, 6.45) is 2.90. The summed E-state index contributed by atoms with van der Waals surface area (Å²) in [5.41, 5.74) is 1.14. The van der Waals surface area contributed by atoms with Crippen molar-refractivity contribution in [3.05, 3.63) is 42.5 Å². The lowest BCUT2D eigenvalue weighted by Crippen LogP contribution is -2.28. The zero-order chi connectivity index (χ0) is 14.1. The molecule has 4 heteroatoms. The number of amides is 1. The van der Waals surface area contributed by atoms with E-state index in [-0.39, 0.29) is 18.6 Å². The van der Waals surface area contributed by atoms with Crippen LogP contribution in [0.15, 0.2) is 36.9 Å². The Bertz CT molecular complexity index is 398. The van der Waals surface area contributed by atoms with Crippen molar-refractivity contribution in [2.45, 2.75) is 25.9 Å². The van der Waals surface area contributed by atoms with Crippen LogP contribution in [0.2, 0.25) is 0 Å². The highest BCUT2D eigenvalue weighted by Gasteiger charge is 2.02. The van der Waals surface area contributed by atoms with Gasteiger partial charge >= 0.3 is 0 Å². The fourth-order valence-electron chi connectivity index (χ4n) is 1.51. The zero-order valence-corrected chi connectivity index (χ0v) is 11.3. The van der Waals surface area contributed by atoms with Gasteiger partial charge in [0, 0.05) is 6.54 Å². The van der Waals surface area contributed by atoms with Crippen LogP contribution >= 0.6 is 0 Å². The van der Waals surface area contributed by atoms with E-state index in [2.05, 4.69) is 11.9 Å². The Morgan fingerprint density at radius 1 is 1.47 bits per heavy atom. The van der Waals surface area contributed by atoms with Gasteiger partial charge in [0.1, 0.15) is 5.75 Å². The molecule has 0 aromatic heterocycles. The van der Waals surface area contributed by atoms with E-state index in [1.807, 2.05) is 24.3 Å². The summed E-state index contributed by atoms with van der Waals surface area (Å²) in [5.74, 6) is 0.493. The van der Waals surface area contributed by atoms with Crippen LogP contribution in [0.5, 0.6) is 5.75 Å². The standard InChI is InChI=1S/C15H21NO3/c1-3-10-16-15(18)11-19-14-8-6-13(7-9-14)5-4-12(2)17/h3,6-9,12,17H,1,4-5,10-11H2,2H3,(H,16,18). The number of carbonyl (C=O) groups is 1. The van der Waals surface area contributed by atoms with Gasteiger partial charge in [0.15, 0.2) is 6.61 Å². The Balaban J connectivity index is 2.35. The second-order valence-electron chi connectivity index (χ2n) is 4.41. The van der Waals surface area contributed by atoms with Gasteiger partial charge in [0.25, 0.3) is 5.91 Å². The summed E-state index contributed by atoms with van der Waals surface area (Å²) >= 11 is 0. The summed E-state index contributed by atoms with van der Waals surface area (Å²) in [5, 5.41) is 11.8. The molecule has 0 fully saturated rings. The second kappa shape index (κ2) is 8.32. The van der Waals surface area contributed by atoms with Crippen LogP contribution in [0.3, 0.4) is 0 Å². The third-order valence-electron chi connectivity index (χ3n) is 2.59. The van der Waals surface area contributed by atoms with Crippen molar-refractivity contribution in [3.63, 3.8) is 0 Å². The molecule has 19 heavy (non-hydrogen) atoms. The lowest BCUT2D eigenvalue weighted by molar-refractivity contribution is -0.122. The Hall–Kier alpha value is -1.81. The number of aliphatic hydroxyl groups excluding tert-OH is 1. The Labute approximate surface area is 114 Å². The number of aliphatic hydroxyl groups is 1. The number of carbonyl (C=O) groups excluding carboxylic acids is 1. The summed E-state index contributed by atoms with van der Waals surface area (Å²) in [4.78, 5) is 11.3. The molecular formula is C15H21NO3. The first-order valence-electron chi connectivity index (χ1n) is 6.39. The fraction of sp³-hybridized carbons (Fsp3) is 0.400. The molecular weight excluding hydrogens is 242 g/mol. The van der Waals surface area contributed by atoms with Crippen LogP contribution in [0.25, 0.3) is 0 Å². The Kier molecular flexibility index (Phi) is 6.68. The summed E-state index contributed by atoms with van der Waals surface area (Å²) in [6.45, 7) is 5.74. The molecule has 1 unspecified atom stereocenters. The molecule has 0 saturated heterocycles. The first-order valence-corrected chi connectivity index (χ1v) is 6.39. The number of hydrogen-bond donors (Lipinski definition) is 2. The van der Waals surface area contributed by atoms with Crippen molar-refractivity contribution >= 4 is 5.91 Å². The molecule has 0 aliphatic rings. The maximum atomic E-state index is 11.3. The maximum absolute atomic E-state index is 11.3. The molecule has 1 aromatic carbocycles. The van der Waals surface area contributed by atoms with Crippen molar-refractivity contribution in [1.82, 2.24) is 5.32 Å². The molecule has 0 saturated carbocycles. The summed E-state index contributed by atoms with van der Waals surface area (Å²) < 4.78 is 5.35. The van der Waals surface area contributed by atoms with Crippen LogP contribution in [0.4, 0.5) is 0 Å². The molecule has 0 bridgehead atoms. The molecule has 1 atom stereocenters. The Morgan fingerprint density at radius 2 is 2.16 bits per heavy atom. The van der Waals surface area contributed by atoms with E-state index in [9.17, 15) is 9.90 Å². The normalized spacial score (nSPS) is 11.7. The number of ether oxygens (including phenoxy) is 1. The number of rotatable bonds is 8. The third-order valence-corrected chi connectivity index (χ3v) is 2.59. The highest BCUT2D eigenvalue weighted by molar-refractivity contribution is 5.77. The number of hydrogen-bond acceptors (Lipinski definition) is 3. The van der Waals surface area contributed by atoms with E-state index in [0.717, 1.165) is 18.4 Å². The topological polar surface area (TPSA) is 58.6 Å². The number of aryl methyl sites for hydroxylation is 1. The summed E-state index contributed by atoms with van der Waals surface area (Å²) in [6, 6.07) is 7.55. The molecule has 1 amide bonds. The molecule has 1 rings (SSSR count). The van der Waals surface area contributed by atoms with Crippen LogP contribution in [-0.4, -0.2) is 30.3 Å². The maximum Gasteiger partial charge on any atom is 0.258 e. The van der Waals surface area contributed by atoms with Gasteiger partial charge in [-0.15, -0.1) is 6.58 Å². The van der Waals surface area contributed by atoms with E-state index < -0.39 is 0 Å². The molecule has 1 aromatic rings. The molecule has 0 aliphatic carbocycles. The van der Waals surface area contributed by atoms with Crippen molar-refractivity contribution < 1.29 is 14.6 Å². The zero-order valence-electron chi connectivity index (χ0n) is 11.3. The number of nitrogens with one attached hydrogen (secondary N) is 1. The minimum atomic E-state index is -0.288. The molecule has 104 valence electrons. The SMILES string of the molecule is C=CCNC(=O)COc1ccc(CCC(C)O)cc1. The first kappa shape index (κ1) is 15.2. The minimum Gasteiger partial charge on any atom is -0.484 e. The van der Waals surface area contributed by atoms with E-state index in [1.54, 1.807) is 13.0 Å². The summed E-state index contributed by atoms with van der Waals surface area (Å²) in [7, 11) is 0. The van der Waals surface area contributed by atoms with Gasteiger partial charge in [-0.05, 0) is 37.5 Å². The highest BCUT2D eigenvalue weighted by Crippen LogP contribution is 2.13.